The van der Waals surface area contributed by atoms with Crippen molar-refractivity contribution in [2.45, 2.75) is 25.3 Å². The first-order chi connectivity index (χ1) is 14.5. The number of carbonyl (C=O) groups is 4. The summed E-state index contributed by atoms with van der Waals surface area (Å²) < 4.78 is 0. The highest BCUT2D eigenvalue weighted by Gasteiger charge is 2.46. The summed E-state index contributed by atoms with van der Waals surface area (Å²) in [5.41, 5.74) is 1.45. The van der Waals surface area contributed by atoms with Crippen LogP contribution in [0.5, 0.6) is 0 Å². The van der Waals surface area contributed by atoms with Crippen molar-refractivity contribution in [3.63, 3.8) is 0 Å². The van der Waals surface area contributed by atoms with Gasteiger partial charge in [-0.25, -0.2) is 0 Å². The molecule has 0 bridgehead atoms. The van der Waals surface area contributed by atoms with Gasteiger partial charge in [-0.2, -0.15) is 0 Å². The third-order valence-electron chi connectivity index (χ3n) is 6.06. The van der Waals surface area contributed by atoms with Crippen LogP contribution in [-0.2, 0) is 9.59 Å². The summed E-state index contributed by atoms with van der Waals surface area (Å²) in [5, 5.41) is 5.39. The third-order valence-corrected chi connectivity index (χ3v) is 6.06. The van der Waals surface area contributed by atoms with Crippen LogP contribution < -0.4 is 15.5 Å². The van der Waals surface area contributed by atoms with Gasteiger partial charge in [-0.15, -0.1) is 0 Å². The van der Waals surface area contributed by atoms with Crippen LogP contribution in [0.2, 0.25) is 0 Å². The van der Waals surface area contributed by atoms with Gasteiger partial charge in [0, 0.05) is 32.6 Å². The Kier molecular flexibility index (Phi) is 5.83. The maximum atomic E-state index is 13.2. The van der Waals surface area contributed by atoms with Crippen molar-refractivity contribution < 1.29 is 19.2 Å². The normalized spacial score (nSPS) is 22.5. The highest BCUT2D eigenvalue weighted by atomic mass is 16.2. The molecule has 1 aromatic carbocycles. The summed E-state index contributed by atoms with van der Waals surface area (Å²) in [6.45, 7) is 5.35. The van der Waals surface area contributed by atoms with E-state index in [0.717, 1.165) is 56.3 Å². The first kappa shape index (κ1) is 20.5. The maximum absolute atomic E-state index is 13.2. The number of hydrogen-bond donors (Lipinski definition) is 2. The number of carbonyl (C=O) groups excluding carboxylic acids is 4. The molecule has 0 radical (unpaired) electrons. The van der Waals surface area contributed by atoms with Crippen LogP contribution in [0.15, 0.2) is 18.2 Å². The van der Waals surface area contributed by atoms with E-state index in [0.29, 0.717) is 11.1 Å². The number of imide groups is 2. The Balaban J connectivity index is 1.51. The first-order valence-corrected chi connectivity index (χ1v) is 10.5. The van der Waals surface area contributed by atoms with Gasteiger partial charge in [0.15, 0.2) is 0 Å². The van der Waals surface area contributed by atoms with Crippen molar-refractivity contribution in [3.05, 3.63) is 29.3 Å². The summed E-state index contributed by atoms with van der Waals surface area (Å²) in [5.74, 6) is -1.87. The van der Waals surface area contributed by atoms with E-state index in [1.165, 1.54) is 0 Å². The van der Waals surface area contributed by atoms with Crippen LogP contribution in [0, 0.1) is 0 Å². The van der Waals surface area contributed by atoms with Gasteiger partial charge in [0.05, 0.1) is 16.8 Å². The lowest BCUT2D eigenvalue weighted by Crippen LogP contribution is -2.54. The van der Waals surface area contributed by atoms with Crippen molar-refractivity contribution >= 4 is 29.3 Å². The number of nitrogens with one attached hydrogen (secondary N) is 2. The van der Waals surface area contributed by atoms with Gasteiger partial charge in [0.25, 0.3) is 11.8 Å². The second-order valence-electron chi connectivity index (χ2n) is 7.93. The minimum absolute atomic E-state index is 0.117. The van der Waals surface area contributed by atoms with Gasteiger partial charge >= 0.3 is 0 Å². The summed E-state index contributed by atoms with van der Waals surface area (Å²) >= 11 is 0. The molecule has 3 heterocycles. The summed E-state index contributed by atoms with van der Waals surface area (Å²) in [4.78, 5) is 55.5. The molecule has 0 saturated carbocycles. The fourth-order valence-electron chi connectivity index (χ4n) is 4.45. The number of amides is 4. The molecule has 2 fully saturated rings. The zero-order valence-corrected chi connectivity index (χ0v) is 17.1. The van der Waals surface area contributed by atoms with E-state index < -0.39 is 23.8 Å². The molecule has 1 unspecified atom stereocenters. The van der Waals surface area contributed by atoms with Crippen LogP contribution in [0.25, 0.3) is 0 Å². The number of piperidine rings is 1. The lowest BCUT2D eigenvalue weighted by atomic mass is 10.0. The van der Waals surface area contributed by atoms with Gasteiger partial charge in [-0.1, -0.05) is 6.07 Å². The number of fused-ring (bicyclic) bond motifs is 1. The SMILES string of the molecule is CNCCCN1CCN(c2cccc3c2C(=O)N(C2CCC(=O)NC2=O)C3=O)CC1. The smallest absolute Gasteiger partial charge is 0.264 e. The number of piperazine rings is 1. The third kappa shape index (κ3) is 3.70. The standard InChI is InChI=1S/C21H27N5O4/c1-22-8-3-9-24-10-12-25(13-11-24)15-5-2-4-14-18(15)21(30)26(20(14)29)16-6-7-17(27)23-19(16)28/h2,4-5,16,22H,3,6-13H2,1H3,(H,23,27,28). The van der Waals surface area contributed by atoms with Crippen LogP contribution >= 0.6 is 0 Å². The highest BCUT2D eigenvalue weighted by molar-refractivity contribution is 6.25. The predicted molar refractivity (Wildman–Crippen MR) is 110 cm³/mol. The van der Waals surface area contributed by atoms with Crippen LogP contribution in [0.1, 0.15) is 40.0 Å². The van der Waals surface area contributed by atoms with Gasteiger partial charge in [0.2, 0.25) is 11.8 Å². The zero-order chi connectivity index (χ0) is 21.3. The lowest BCUT2D eigenvalue weighted by Gasteiger charge is -2.36. The largest absolute Gasteiger partial charge is 0.368 e. The van der Waals surface area contributed by atoms with E-state index in [9.17, 15) is 19.2 Å². The van der Waals surface area contributed by atoms with Crippen LogP contribution in [0.4, 0.5) is 5.69 Å². The number of nitrogens with zero attached hydrogens (tertiary/aromatic N) is 3. The zero-order valence-electron chi connectivity index (χ0n) is 17.1. The van der Waals surface area contributed by atoms with E-state index in [-0.39, 0.29) is 18.7 Å². The average Bonchev–Trinajstić information content (AvgIpc) is 3.00. The molecule has 0 aromatic heterocycles. The monoisotopic (exact) mass is 413 g/mol. The van der Waals surface area contributed by atoms with E-state index >= 15 is 0 Å². The molecule has 30 heavy (non-hydrogen) atoms. The topological polar surface area (TPSA) is 102 Å². The Morgan fingerprint density at radius 1 is 1.07 bits per heavy atom. The Morgan fingerprint density at radius 3 is 2.53 bits per heavy atom. The Morgan fingerprint density at radius 2 is 1.83 bits per heavy atom. The minimum Gasteiger partial charge on any atom is -0.368 e. The highest BCUT2D eigenvalue weighted by Crippen LogP contribution is 2.34. The second-order valence-corrected chi connectivity index (χ2v) is 7.93. The molecule has 4 amide bonds. The molecular weight excluding hydrogens is 386 g/mol. The molecule has 9 nitrogen and oxygen atoms in total. The predicted octanol–water partition coefficient (Wildman–Crippen LogP) is -0.181. The van der Waals surface area contributed by atoms with Crippen molar-refractivity contribution in [1.82, 2.24) is 20.4 Å². The first-order valence-electron chi connectivity index (χ1n) is 10.5. The lowest BCUT2D eigenvalue weighted by molar-refractivity contribution is -0.136. The molecule has 0 aliphatic carbocycles. The fourth-order valence-corrected chi connectivity index (χ4v) is 4.45. The minimum atomic E-state index is -0.938. The fraction of sp³-hybridized carbons (Fsp3) is 0.524. The maximum Gasteiger partial charge on any atom is 0.264 e. The summed E-state index contributed by atoms with van der Waals surface area (Å²) in [6, 6.07) is 4.35. The Labute approximate surface area is 175 Å². The molecule has 3 aliphatic rings. The number of anilines is 1. The van der Waals surface area contributed by atoms with Gasteiger partial charge in [-0.3, -0.25) is 34.3 Å². The molecule has 2 saturated heterocycles. The van der Waals surface area contributed by atoms with E-state index in [1.807, 2.05) is 13.1 Å². The van der Waals surface area contributed by atoms with Gasteiger partial charge in [0.1, 0.15) is 6.04 Å². The Bertz CT molecular complexity index is 878. The number of benzene rings is 1. The number of rotatable bonds is 6. The van der Waals surface area contributed by atoms with Crippen molar-refractivity contribution in [2.24, 2.45) is 0 Å². The van der Waals surface area contributed by atoms with Crippen molar-refractivity contribution in [3.8, 4) is 0 Å². The van der Waals surface area contributed by atoms with Crippen molar-refractivity contribution in [1.29, 1.82) is 0 Å². The second kappa shape index (κ2) is 8.53. The molecule has 1 atom stereocenters. The summed E-state index contributed by atoms with van der Waals surface area (Å²) in [6.07, 6.45) is 1.37. The van der Waals surface area contributed by atoms with E-state index in [2.05, 4.69) is 20.4 Å². The van der Waals surface area contributed by atoms with Crippen LogP contribution in [0.3, 0.4) is 0 Å². The van der Waals surface area contributed by atoms with Crippen molar-refractivity contribution in [2.75, 3.05) is 51.2 Å². The molecule has 1 aromatic rings. The molecular formula is C21H27N5O4. The molecule has 0 spiro atoms. The summed E-state index contributed by atoms with van der Waals surface area (Å²) in [7, 11) is 1.95. The quantitative estimate of drug-likeness (QED) is 0.493. The van der Waals surface area contributed by atoms with Crippen LogP contribution in [-0.4, -0.2) is 85.8 Å². The van der Waals surface area contributed by atoms with E-state index in [4.69, 9.17) is 0 Å². The number of hydrogen-bond acceptors (Lipinski definition) is 7. The molecule has 4 rings (SSSR count). The average molecular weight is 413 g/mol. The molecule has 2 N–H and O–H groups in total. The van der Waals surface area contributed by atoms with Gasteiger partial charge < -0.3 is 10.2 Å². The van der Waals surface area contributed by atoms with E-state index in [1.54, 1.807) is 12.1 Å². The molecule has 3 aliphatic heterocycles. The molecule has 160 valence electrons. The Hall–Kier alpha value is -2.78. The molecule has 9 heteroatoms. The van der Waals surface area contributed by atoms with Gasteiger partial charge in [-0.05, 0) is 45.1 Å².